The van der Waals surface area contributed by atoms with Crippen molar-refractivity contribution in [3.63, 3.8) is 0 Å². The minimum absolute atomic E-state index is 0.278. The molecule has 1 aliphatic carbocycles. The fraction of sp³-hybridized carbons (Fsp3) is 0.500. The molecule has 2 rings (SSSR count). The highest BCUT2D eigenvalue weighted by molar-refractivity contribution is 5.19. The van der Waals surface area contributed by atoms with Gasteiger partial charge in [0.15, 0.2) is 0 Å². The Morgan fingerprint density at radius 2 is 2.00 bits per heavy atom. The van der Waals surface area contributed by atoms with Crippen LogP contribution in [0.5, 0.6) is 0 Å². The van der Waals surface area contributed by atoms with E-state index in [1.807, 2.05) is 6.07 Å². The molecule has 0 heterocycles. The minimum atomic E-state index is 0.278. The number of ether oxygens (including phenoxy) is 1. The van der Waals surface area contributed by atoms with Crippen LogP contribution in [0, 0.1) is 5.92 Å². The van der Waals surface area contributed by atoms with Crippen molar-refractivity contribution in [1.82, 2.24) is 0 Å². The monoisotopic (exact) mass is 191 g/mol. The number of hydrogen-bond donors (Lipinski definition) is 1. The first kappa shape index (κ1) is 9.69. The van der Waals surface area contributed by atoms with E-state index in [1.165, 1.54) is 18.4 Å². The van der Waals surface area contributed by atoms with Gasteiger partial charge in [0, 0.05) is 6.54 Å². The highest BCUT2D eigenvalue weighted by atomic mass is 16.5. The molecular formula is C12H17NO. The highest BCUT2D eigenvalue weighted by Gasteiger charge is 2.32. The summed E-state index contributed by atoms with van der Waals surface area (Å²) in [7, 11) is 0. The van der Waals surface area contributed by atoms with Crippen LogP contribution in [0.2, 0.25) is 0 Å². The van der Waals surface area contributed by atoms with Crippen molar-refractivity contribution in [3.05, 3.63) is 35.9 Å². The molecule has 2 nitrogen and oxygen atoms in total. The second-order valence-corrected chi connectivity index (χ2v) is 3.83. The Kier molecular flexibility index (Phi) is 3.17. The fourth-order valence-corrected chi connectivity index (χ4v) is 1.74. The van der Waals surface area contributed by atoms with E-state index < -0.39 is 0 Å². The Morgan fingerprint density at radius 1 is 1.29 bits per heavy atom. The maximum Gasteiger partial charge on any atom is 0.0853 e. The molecule has 2 heteroatoms. The van der Waals surface area contributed by atoms with Crippen LogP contribution in [0.1, 0.15) is 24.5 Å². The van der Waals surface area contributed by atoms with Crippen molar-refractivity contribution in [3.8, 4) is 0 Å². The van der Waals surface area contributed by atoms with Gasteiger partial charge in [-0.1, -0.05) is 30.3 Å². The van der Waals surface area contributed by atoms with Crippen molar-refractivity contribution in [2.24, 2.45) is 11.7 Å². The third kappa shape index (κ3) is 2.34. The molecule has 1 aromatic rings. The molecule has 1 aromatic carbocycles. The molecule has 0 saturated heterocycles. The molecule has 0 spiro atoms. The van der Waals surface area contributed by atoms with E-state index in [2.05, 4.69) is 24.3 Å². The molecule has 1 aliphatic rings. The molecule has 1 atom stereocenters. The van der Waals surface area contributed by atoms with Gasteiger partial charge in [0.2, 0.25) is 0 Å². The molecule has 14 heavy (non-hydrogen) atoms. The summed E-state index contributed by atoms with van der Waals surface area (Å²) in [6.07, 6.45) is 2.87. The van der Waals surface area contributed by atoms with Crippen LogP contribution < -0.4 is 5.73 Å². The zero-order valence-electron chi connectivity index (χ0n) is 8.36. The van der Waals surface area contributed by atoms with E-state index in [-0.39, 0.29) is 6.10 Å². The second kappa shape index (κ2) is 4.58. The van der Waals surface area contributed by atoms with Crippen LogP contribution in [0.15, 0.2) is 30.3 Å². The third-order valence-corrected chi connectivity index (χ3v) is 2.59. The molecule has 0 aliphatic heterocycles. The van der Waals surface area contributed by atoms with Gasteiger partial charge >= 0.3 is 0 Å². The lowest BCUT2D eigenvalue weighted by molar-refractivity contribution is 0.0424. The maximum absolute atomic E-state index is 5.78. The standard InChI is InChI=1S/C12H17NO/c13-8-9-14-12(11-6-7-11)10-4-2-1-3-5-10/h1-5,11-12H,6-9,13H2. The summed E-state index contributed by atoms with van der Waals surface area (Å²) < 4.78 is 5.78. The van der Waals surface area contributed by atoms with Gasteiger partial charge in [0.25, 0.3) is 0 Å². The first-order valence-electron chi connectivity index (χ1n) is 5.28. The molecule has 0 aromatic heterocycles. The van der Waals surface area contributed by atoms with Crippen molar-refractivity contribution < 1.29 is 4.74 Å². The Balaban J connectivity index is 2.02. The summed E-state index contributed by atoms with van der Waals surface area (Å²) in [6.45, 7) is 1.27. The SMILES string of the molecule is NCCOC(c1ccccc1)C1CC1. The van der Waals surface area contributed by atoms with Crippen molar-refractivity contribution >= 4 is 0 Å². The highest BCUT2D eigenvalue weighted by Crippen LogP contribution is 2.43. The lowest BCUT2D eigenvalue weighted by Crippen LogP contribution is -2.14. The lowest BCUT2D eigenvalue weighted by Gasteiger charge is -2.17. The molecule has 2 N–H and O–H groups in total. The maximum atomic E-state index is 5.78. The van der Waals surface area contributed by atoms with Crippen LogP contribution in [0.4, 0.5) is 0 Å². The Labute approximate surface area is 85.1 Å². The van der Waals surface area contributed by atoms with Crippen LogP contribution in [-0.4, -0.2) is 13.2 Å². The summed E-state index contributed by atoms with van der Waals surface area (Å²) in [6, 6.07) is 10.4. The normalized spacial score (nSPS) is 18.1. The van der Waals surface area contributed by atoms with Crippen LogP contribution >= 0.6 is 0 Å². The summed E-state index contributed by atoms with van der Waals surface area (Å²) in [5.74, 6) is 0.726. The zero-order valence-corrected chi connectivity index (χ0v) is 8.36. The van der Waals surface area contributed by atoms with Crippen molar-refractivity contribution in [1.29, 1.82) is 0 Å². The van der Waals surface area contributed by atoms with Gasteiger partial charge in [-0.25, -0.2) is 0 Å². The van der Waals surface area contributed by atoms with Gasteiger partial charge in [-0.2, -0.15) is 0 Å². The first-order chi connectivity index (χ1) is 6.92. The van der Waals surface area contributed by atoms with Crippen LogP contribution in [-0.2, 0) is 4.74 Å². The zero-order chi connectivity index (χ0) is 9.80. The molecule has 0 amide bonds. The van der Waals surface area contributed by atoms with Crippen LogP contribution in [0.3, 0.4) is 0 Å². The molecule has 0 radical (unpaired) electrons. The van der Waals surface area contributed by atoms with E-state index in [4.69, 9.17) is 10.5 Å². The summed E-state index contributed by atoms with van der Waals surface area (Å²) in [5, 5.41) is 0. The van der Waals surface area contributed by atoms with Crippen LogP contribution in [0.25, 0.3) is 0 Å². The Morgan fingerprint density at radius 3 is 2.57 bits per heavy atom. The topological polar surface area (TPSA) is 35.2 Å². The average molecular weight is 191 g/mol. The predicted molar refractivity (Wildman–Crippen MR) is 56.9 cm³/mol. The Hall–Kier alpha value is -0.860. The lowest BCUT2D eigenvalue weighted by atomic mass is 10.1. The van der Waals surface area contributed by atoms with Crippen molar-refractivity contribution in [2.75, 3.05) is 13.2 Å². The van der Waals surface area contributed by atoms with Gasteiger partial charge in [-0.05, 0) is 24.3 Å². The minimum Gasteiger partial charge on any atom is -0.372 e. The first-order valence-corrected chi connectivity index (χ1v) is 5.28. The smallest absolute Gasteiger partial charge is 0.0853 e. The summed E-state index contributed by atoms with van der Waals surface area (Å²) >= 11 is 0. The second-order valence-electron chi connectivity index (χ2n) is 3.83. The predicted octanol–water partition coefficient (Wildman–Crippen LogP) is 2.11. The largest absolute Gasteiger partial charge is 0.372 e. The quantitative estimate of drug-likeness (QED) is 0.773. The molecular weight excluding hydrogens is 174 g/mol. The number of nitrogens with two attached hydrogens (primary N) is 1. The van der Waals surface area contributed by atoms with E-state index in [1.54, 1.807) is 0 Å². The van der Waals surface area contributed by atoms with Gasteiger partial charge in [0.1, 0.15) is 0 Å². The van der Waals surface area contributed by atoms with E-state index in [9.17, 15) is 0 Å². The number of benzene rings is 1. The molecule has 1 fully saturated rings. The number of rotatable bonds is 5. The molecule has 0 bridgehead atoms. The van der Waals surface area contributed by atoms with Gasteiger partial charge in [0.05, 0.1) is 12.7 Å². The number of hydrogen-bond acceptors (Lipinski definition) is 2. The average Bonchev–Trinajstić information content (AvgIpc) is 3.04. The molecule has 1 saturated carbocycles. The van der Waals surface area contributed by atoms with E-state index >= 15 is 0 Å². The van der Waals surface area contributed by atoms with Gasteiger partial charge in [-0.15, -0.1) is 0 Å². The molecule has 76 valence electrons. The summed E-state index contributed by atoms with van der Waals surface area (Å²) in [4.78, 5) is 0. The summed E-state index contributed by atoms with van der Waals surface area (Å²) in [5.41, 5.74) is 6.75. The van der Waals surface area contributed by atoms with Crippen molar-refractivity contribution in [2.45, 2.75) is 18.9 Å². The van der Waals surface area contributed by atoms with E-state index in [0.29, 0.717) is 13.2 Å². The fourth-order valence-electron chi connectivity index (χ4n) is 1.74. The Bertz CT molecular complexity index is 269. The molecule has 1 unspecified atom stereocenters. The van der Waals surface area contributed by atoms with Gasteiger partial charge < -0.3 is 10.5 Å². The van der Waals surface area contributed by atoms with E-state index in [0.717, 1.165) is 5.92 Å². The third-order valence-electron chi connectivity index (χ3n) is 2.59. The van der Waals surface area contributed by atoms with Gasteiger partial charge in [-0.3, -0.25) is 0 Å².